The molecule has 3 unspecified atom stereocenters. The van der Waals surface area contributed by atoms with Gasteiger partial charge in [0.05, 0.1) is 44.0 Å². The summed E-state index contributed by atoms with van der Waals surface area (Å²) in [4.78, 5) is 68.1. The second kappa shape index (κ2) is 16.9. The molecule has 2 aromatic heterocycles. The number of aryl methyl sites for hydroxylation is 1. The molecule has 1 saturated heterocycles. The Morgan fingerprint density at radius 1 is 0.845 bits per heavy atom. The minimum absolute atomic E-state index is 0.0753. The number of unbranched alkanes of at least 4 members (excludes halogenated alkanes) is 1. The van der Waals surface area contributed by atoms with E-state index in [0.717, 1.165) is 96.2 Å². The van der Waals surface area contributed by atoms with E-state index in [1.807, 2.05) is 57.1 Å². The quantitative estimate of drug-likeness (QED) is 0.0885. The van der Waals surface area contributed by atoms with Crippen molar-refractivity contribution >= 4 is 24.0 Å². The Hall–Kier alpha value is -5.86. The molecule has 3 aliphatic rings. The van der Waals surface area contributed by atoms with E-state index < -0.39 is 24.3 Å². The van der Waals surface area contributed by atoms with E-state index in [-0.39, 0.29) is 35.1 Å². The zero-order chi connectivity index (χ0) is 41.1. The number of nitrogens with zero attached hydrogens (tertiary/aromatic N) is 3. The van der Waals surface area contributed by atoms with Crippen LogP contribution in [0.15, 0.2) is 48.8 Å². The van der Waals surface area contributed by atoms with Gasteiger partial charge in [0.2, 0.25) is 11.8 Å². The smallest absolute Gasteiger partial charge is 0.407 e. The number of ether oxygens (including phenoxy) is 3. The predicted molar refractivity (Wildman–Crippen MR) is 216 cm³/mol. The second-order valence-corrected chi connectivity index (χ2v) is 16.2. The summed E-state index contributed by atoms with van der Waals surface area (Å²) in [6.45, 7) is 8.64. The van der Waals surface area contributed by atoms with E-state index >= 15 is 0 Å². The summed E-state index contributed by atoms with van der Waals surface area (Å²) in [6, 6.07) is 11.1. The standard InChI is InChI=1S/C43H54N8O7/c1-24(2)36(49-41(54)56-5)39(52)44-18-8-7-11-35-45-22-30(47-35)27-12-14-28-34(21-27)58-33-15-13-26(20-29(33)43(28)16-17-43)31-23-46-38(48-31)32-10-9-19-51(32)40(53)37(25(3)4)50-42(55)57-6/h12-15,20-25,32,36-37H,7-11,16-19H2,1-6H3,(H,44,52)(H,45,47)(H,46,48)(H,49,54)(H,50,55). The molecule has 1 spiro atoms. The Morgan fingerprint density at radius 2 is 1.52 bits per heavy atom. The SMILES string of the molecule is COC(=O)NC(C(=O)NCCCCc1ncc(-c2ccc3c(c2)Oc2ccc(-c4cnc(C5CCCN5C(=O)C(NC(=O)OC)C(C)C)[nH]4)cc2C32CC2)[nH]1)C(C)C. The van der Waals surface area contributed by atoms with E-state index in [9.17, 15) is 19.2 Å². The van der Waals surface area contributed by atoms with Crippen molar-refractivity contribution < 1.29 is 33.4 Å². The van der Waals surface area contributed by atoms with Gasteiger partial charge in [0, 0.05) is 47.2 Å². The monoisotopic (exact) mass is 794 g/mol. The topological polar surface area (TPSA) is 193 Å². The summed E-state index contributed by atoms with van der Waals surface area (Å²) >= 11 is 0. The van der Waals surface area contributed by atoms with Gasteiger partial charge in [-0.05, 0) is 74.6 Å². The Bertz CT molecular complexity index is 2150. The molecule has 4 aromatic rings. The fraction of sp³-hybridized carbons (Fsp3) is 0.488. The minimum Gasteiger partial charge on any atom is -0.457 e. The van der Waals surface area contributed by atoms with E-state index in [4.69, 9.17) is 14.5 Å². The number of H-pyrrole nitrogens is 2. The molecule has 5 N–H and O–H groups in total. The number of amides is 4. The van der Waals surface area contributed by atoms with Crippen LogP contribution in [0.3, 0.4) is 0 Å². The van der Waals surface area contributed by atoms with Crippen LogP contribution < -0.4 is 20.7 Å². The molecule has 15 heteroatoms. The summed E-state index contributed by atoms with van der Waals surface area (Å²) in [7, 11) is 2.57. The Balaban J connectivity index is 0.984. The average molecular weight is 795 g/mol. The highest BCUT2D eigenvalue weighted by Gasteiger charge is 2.51. The lowest BCUT2D eigenvalue weighted by molar-refractivity contribution is -0.135. The van der Waals surface area contributed by atoms with Gasteiger partial charge in [0.15, 0.2) is 0 Å². The van der Waals surface area contributed by atoms with Gasteiger partial charge in [0.1, 0.15) is 35.2 Å². The number of hydrogen-bond acceptors (Lipinski definition) is 9. The molecule has 4 amide bonds. The number of aromatic nitrogens is 4. The third-order valence-corrected chi connectivity index (χ3v) is 11.6. The summed E-state index contributed by atoms with van der Waals surface area (Å²) in [6.07, 6.45) is 8.43. The molecule has 2 fully saturated rings. The zero-order valence-corrected chi connectivity index (χ0v) is 34.1. The number of nitrogens with one attached hydrogen (secondary N) is 5. The first-order valence-corrected chi connectivity index (χ1v) is 20.3. The van der Waals surface area contributed by atoms with E-state index in [1.54, 1.807) is 0 Å². The fourth-order valence-corrected chi connectivity index (χ4v) is 8.20. The van der Waals surface area contributed by atoms with Gasteiger partial charge in [-0.25, -0.2) is 19.6 Å². The first kappa shape index (κ1) is 40.3. The summed E-state index contributed by atoms with van der Waals surface area (Å²) in [5.74, 6) is 2.74. The molecular formula is C43H54N8O7. The number of imidazole rings is 2. The molecule has 308 valence electrons. The Labute approximate surface area is 338 Å². The molecule has 4 heterocycles. The molecule has 15 nitrogen and oxygen atoms in total. The highest BCUT2D eigenvalue weighted by Crippen LogP contribution is 2.62. The molecular weight excluding hydrogens is 741 g/mol. The number of carbonyl (C=O) groups is 4. The molecule has 1 saturated carbocycles. The molecule has 2 aromatic carbocycles. The van der Waals surface area contributed by atoms with Crippen molar-refractivity contribution in [2.45, 2.75) is 96.2 Å². The van der Waals surface area contributed by atoms with Crippen LogP contribution in [0.5, 0.6) is 11.5 Å². The second-order valence-electron chi connectivity index (χ2n) is 16.2. The average Bonchev–Trinajstić information content (AvgIpc) is 3.57. The molecule has 0 bridgehead atoms. The van der Waals surface area contributed by atoms with Crippen LogP contribution in [-0.2, 0) is 30.9 Å². The molecule has 58 heavy (non-hydrogen) atoms. The number of alkyl carbamates (subject to hydrolysis) is 2. The Morgan fingerprint density at radius 3 is 2.22 bits per heavy atom. The van der Waals surface area contributed by atoms with Gasteiger partial charge in [-0.1, -0.05) is 39.8 Å². The van der Waals surface area contributed by atoms with Crippen LogP contribution in [-0.4, -0.2) is 88.2 Å². The van der Waals surface area contributed by atoms with Crippen LogP contribution >= 0.6 is 0 Å². The zero-order valence-electron chi connectivity index (χ0n) is 34.1. The lowest BCUT2D eigenvalue weighted by Gasteiger charge is -2.30. The lowest BCUT2D eigenvalue weighted by atomic mass is 9.83. The molecule has 1 aliphatic carbocycles. The van der Waals surface area contributed by atoms with Crippen LogP contribution in [0.25, 0.3) is 22.5 Å². The van der Waals surface area contributed by atoms with E-state index in [2.05, 4.69) is 59.9 Å². The van der Waals surface area contributed by atoms with Gasteiger partial charge in [-0.2, -0.15) is 0 Å². The van der Waals surface area contributed by atoms with Crippen molar-refractivity contribution in [1.82, 2.24) is 40.8 Å². The van der Waals surface area contributed by atoms with Gasteiger partial charge < -0.3 is 45.0 Å². The van der Waals surface area contributed by atoms with E-state index in [0.29, 0.717) is 13.1 Å². The minimum atomic E-state index is -0.693. The third kappa shape index (κ3) is 8.25. The molecule has 2 aliphatic heterocycles. The Kier molecular flexibility index (Phi) is 11.8. The largest absolute Gasteiger partial charge is 0.457 e. The molecule has 0 radical (unpaired) electrons. The number of likely N-dealkylation sites (tertiary alicyclic amines) is 1. The summed E-state index contributed by atoms with van der Waals surface area (Å²) in [5.41, 5.74) is 5.98. The normalized spacial score (nSPS) is 17.2. The van der Waals surface area contributed by atoms with E-state index in [1.165, 1.54) is 19.8 Å². The van der Waals surface area contributed by atoms with Crippen molar-refractivity contribution in [3.05, 3.63) is 71.6 Å². The van der Waals surface area contributed by atoms with Crippen molar-refractivity contribution in [1.29, 1.82) is 0 Å². The number of rotatable bonds is 14. The van der Waals surface area contributed by atoms with Crippen molar-refractivity contribution in [2.24, 2.45) is 11.8 Å². The molecule has 7 rings (SSSR count). The lowest BCUT2D eigenvalue weighted by Crippen LogP contribution is -2.51. The summed E-state index contributed by atoms with van der Waals surface area (Å²) < 4.78 is 16.0. The number of carbonyl (C=O) groups excluding carboxylic acids is 4. The van der Waals surface area contributed by atoms with Crippen molar-refractivity contribution in [2.75, 3.05) is 27.3 Å². The third-order valence-electron chi connectivity index (χ3n) is 11.6. The highest BCUT2D eigenvalue weighted by molar-refractivity contribution is 5.87. The maximum atomic E-state index is 13.6. The van der Waals surface area contributed by atoms with Crippen molar-refractivity contribution in [3.63, 3.8) is 0 Å². The fourth-order valence-electron chi connectivity index (χ4n) is 8.20. The van der Waals surface area contributed by atoms with Crippen LogP contribution in [0.4, 0.5) is 9.59 Å². The predicted octanol–water partition coefficient (Wildman–Crippen LogP) is 6.52. The maximum absolute atomic E-state index is 13.6. The number of hydrogen-bond donors (Lipinski definition) is 5. The van der Waals surface area contributed by atoms with Gasteiger partial charge >= 0.3 is 12.2 Å². The van der Waals surface area contributed by atoms with Gasteiger partial charge in [-0.15, -0.1) is 0 Å². The number of methoxy groups -OCH3 is 2. The van der Waals surface area contributed by atoms with Gasteiger partial charge in [-0.3, -0.25) is 9.59 Å². The molecule has 3 atom stereocenters. The first-order chi connectivity index (χ1) is 27.9. The first-order valence-electron chi connectivity index (χ1n) is 20.3. The van der Waals surface area contributed by atoms with Crippen molar-refractivity contribution in [3.8, 4) is 34.0 Å². The van der Waals surface area contributed by atoms with Gasteiger partial charge in [0.25, 0.3) is 0 Å². The highest BCUT2D eigenvalue weighted by atomic mass is 16.5. The summed E-state index contributed by atoms with van der Waals surface area (Å²) in [5, 5.41) is 8.22. The van der Waals surface area contributed by atoms with Crippen LogP contribution in [0.2, 0.25) is 0 Å². The number of aromatic amines is 2. The maximum Gasteiger partial charge on any atom is 0.407 e. The van der Waals surface area contributed by atoms with Crippen LogP contribution in [0.1, 0.15) is 95.0 Å². The number of benzene rings is 2. The number of fused-ring (bicyclic) bond motifs is 4. The van der Waals surface area contributed by atoms with Crippen LogP contribution in [0, 0.1) is 11.8 Å².